The molecule has 13 heavy (non-hydrogen) atoms. The number of carboxylic acids is 1. The number of hydrogen-bond donors (Lipinski definition) is 2. The molecule has 0 fully saturated rings. The highest BCUT2D eigenvalue weighted by Gasteiger charge is 2.10. The zero-order valence-electron chi connectivity index (χ0n) is 7.57. The minimum Gasteiger partial charge on any atom is -0.480 e. The molecule has 0 aliphatic heterocycles. The molecule has 0 heterocycles. The van der Waals surface area contributed by atoms with Crippen LogP contribution in [0.25, 0.3) is 0 Å². The molecule has 1 atom stereocenters. The molecule has 0 amide bonds. The standard InChI is InChI=1S/C9H15NO2S/c10-7-5-3-1-2-4-6-8(13)9(11)12/h8,13H,1-6H2,(H,11,12). The van der Waals surface area contributed by atoms with Gasteiger partial charge in [-0.15, -0.1) is 0 Å². The van der Waals surface area contributed by atoms with Gasteiger partial charge in [-0.1, -0.05) is 19.3 Å². The molecule has 74 valence electrons. The summed E-state index contributed by atoms with van der Waals surface area (Å²) in [6, 6.07) is 2.08. The largest absolute Gasteiger partial charge is 0.480 e. The first-order chi connectivity index (χ1) is 6.18. The number of hydrogen-bond acceptors (Lipinski definition) is 3. The third-order valence-corrected chi connectivity index (χ3v) is 2.28. The van der Waals surface area contributed by atoms with E-state index in [1.54, 1.807) is 0 Å². The van der Waals surface area contributed by atoms with Crippen LogP contribution in [0.5, 0.6) is 0 Å². The van der Waals surface area contributed by atoms with E-state index in [-0.39, 0.29) is 0 Å². The minimum atomic E-state index is -0.847. The second kappa shape index (κ2) is 7.93. The Balaban J connectivity index is 3.17. The van der Waals surface area contributed by atoms with Gasteiger partial charge >= 0.3 is 5.97 Å². The van der Waals surface area contributed by atoms with E-state index in [4.69, 9.17) is 10.4 Å². The fourth-order valence-corrected chi connectivity index (χ4v) is 1.20. The van der Waals surface area contributed by atoms with Crippen LogP contribution in [0.4, 0.5) is 0 Å². The van der Waals surface area contributed by atoms with Crippen LogP contribution < -0.4 is 0 Å². The van der Waals surface area contributed by atoms with Crippen molar-refractivity contribution in [3.05, 3.63) is 0 Å². The molecule has 0 aliphatic carbocycles. The van der Waals surface area contributed by atoms with Gasteiger partial charge in [0.05, 0.1) is 11.3 Å². The molecule has 1 N–H and O–H groups in total. The van der Waals surface area contributed by atoms with Gasteiger partial charge < -0.3 is 5.11 Å². The van der Waals surface area contributed by atoms with Crippen LogP contribution in [-0.4, -0.2) is 16.3 Å². The Bertz CT molecular complexity index is 189. The summed E-state index contributed by atoms with van der Waals surface area (Å²) in [5.74, 6) is -0.847. The van der Waals surface area contributed by atoms with Crippen molar-refractivity contribution in [1.82, 2.24) is 0 Å². The van der Waals surface area contributed by atoms with E-state index in [1.807, 2.05) is 0 Å². The third kappa shape index (κ3) is 7.66. The highest BCUT2D eigenvalue weighted by atomic mass is 32.1. The average molecular weight is 201 g/mol. The summed E-state index contributed by atoms with van der Waals surface area (Å²) in [5, 5.41) is 16.2. The van der Waals surface area contributed by atoms with Gasteiger partial charge in [0.25, 0.3) is 0 Å². The van der Waals surface area contributed by atoms with Crippen LogP contribution in [0.15, 0.2) is 0 Å². The molecule has 1 unspecified atom stereocenters. The summed E-state index contributed by atoms with van der Waals surface area (Å²) in [6.45, 7) is 0. The summed E-state index contributed by atoms with van der Waals surface area (Å²) in [4.78, 5) is 10.3. The van der Waals surface area contributed by atoms with Gasteiger partial charge in [0.15, 0.2) is 0 Å². The van der Waals surface area contributed by atoms with Crippen LogP contribution in [0.3, 0.4) is 0 Å². The maximum Gasteiger partial charge on any atom is 0.316 e. The van der Waals surface area contributed by atoms with Gasteiger partial charge in [-0.2, -0.15) is 17.9 Å². The lowest BCUT2D eigenvalue weighted by atomic mass is 10.1. The lowest BCUT2D eigenvalue weighted by Gasteiger charge is -2.03. The molecule has 0 saturated carbocycles. The van der Waals surface area contributed by atoms with Gasteiger partial charge in [0.2, 0.25) is 0 Å². The van der Waals surface area contributed by atoms with E-state index in [9.17, 15) is 4.79 Å². The Hall–Kier alpha value is -0.690. The van der Waals surface area contributed by atoms with Crippen molar-refractivity contribution in [2.24, 2.45) is 0 Å². The first kappa shape index (κ1) is 12.3. The number of carboxylic acid groups (broad SMARTS) is 1. The molecule has 0 saturated heterocycles. The Labute approximate surface area is 84.2 Å². The van der Waals surface area contributed by atoms with Gasteiger partial charge in [-0.3, -0.25) is 4.79 Å². The topological polar surface area (TPSA) is 61.1 Å². The van der Waals surface area contributed by atoms with Crippen molar-refractivity contribution in [2.75, 3.05) is 0 Å². The van der Waals surface area contributed by atoms with E-state index in [1.165, 1.54) is 0 Å². The van der Waals surface area contributed by atoms with E-state index in [2.05, 4.69) is 18.7 Å². The van der Waals surface area contributed by atoms with Crippen molar-refractivity contribution in [2.45, 2.75) is 43.8 Å². The SMILES string of the molecule is N#CCCCCCCC(S)C(=O)O. The lowest BCUT2D eigenvalue weighted by molar-refractivity contribution is -0.136. The van der Waals surface area contributed by atoms with Gasteiger partial charge in [-0.05, 0) is 12.8 Å². The number of thiol groups is 1. The highest BCUT2D eigenvalue weighted by molar-refractivity contribution is 7.81. The fourth-order valence-electron chi connectivity index (χ4n) is 1.02. The Kier molecular flexibility index (Phi) is 7.51. The summed E-state index contributed by atoms with van der Waals surface area (Å²) in [6.07, 6.45) is 5.01. The Morgan fingerprint density at radius 3 is 2.54 bits per heavy atom. The highest BCUT2D eigenvalue weighted by Crippen LogP contribution is 2.10. The maximum atomic E-state index is 10.3. The van der Waals surface area contributed by atoms with E-state index in [0.717, 1.165) is 25.7 Å². The molecular formula is C9H15NO2S. The maximum absolute atomic E-state index is 10.3. The third-order valence-electron chi connectivity index (χ3n) is 1.80. The monoisotopic (exact) mass is 201 g/mol. The second-order valence-electron chi connectivity index (χ2n) is 2.97. The second-order valence-corrected chi connectivity index (χ2v) is 3.59. The lowest BCUT2D eigenvalue weighted by Crippen LogP contribution is -2.12. The smallest absolute Gasteiger partial charge is 0.316 e. The zero-order valence-corrected chi connectivity index (χ0v) is 8.46. The predicted molar refractivity (Wildman–Crippen MR) is 53.7 cm³/mol. The van der Waals surface area contributed by atoms with Crippen LogP contribution in [-0.2, 0) is 4.79 Å². The molecule has 4 heteroatoms. The molecule has 0 aromatic carbocycles. The minimum absolute atomic E-state index is 0.532. The van der Waals surface area contributed by atoms with Crippen molar-refractivity contribution < 1.29 is 9.90 Å². The Morgan fingerprint density at radius 1 is 1.38 bits per heavy atom. The molecule has 3 nitrogen and oxygen atoms in total. The summed E-state index contributed by atoms with van der Waals surface area (Å²) >= 11 is 3.92. The van der Waals surface area contributed by atoms with Crippen LogP contribution in [0.1, 0.15) is 38.5 Å². The van der Waals surface area contributed by atoms with Crippen molar-refractivity contribution in [3.63, 3.8) is 0 Å². The van der Waals surface area contributed by atoms with E-state index >= 15 is 0 Å². The van der Waals surface area contributed by atoms with Crippen LogP contribution in [0, 0.1) is 11.3 Å². The van der Waals surface area contributed by atoms with Crippen LogP contribution >= 0.6 is 12.6 Å². The molecule has 0 rings (SSSR count). The predicted octanol–water partition coefficient (Wildman–Crippen LogP) is 2.23. The molecule has 0 aromatic heterocycles. The average Bonchev–Trinajstić information content (AvgIpc) is 2.10. The summed E-state index contributed by atoms with van der Waals surface area (Å²) in [5.41, 5.74) is 0. The zero-order chi connectivity index (χ0) is 10.1. The number of unbranched alkanes of at least 4 members (excludes halogenated alkanes) is 4. The molecule has 0 spiro atoms. The first-order valence-electron chi connectivity index (χ1n) is 4.46. The van der Waals surface area contributed by atoms with Gasteiger partial charge in [0.1, 0.15) is 0 Å². The summed E-state index contributed by atoms with van der Waals surface area (Å²) < 4.78 is 0. The molecular weight excluding hydrogens is 186 g/mol. The molecule has 0 radical (unpaired) electrons. The Morgan fingerprint density at radius 2 is 2.00 bits per heavy atom. The van der Waals surface area contributed by atoms with Crippen molar-refractivity contribution >= 4 is 18.6 Å². The normalized spacial score (nSPS) is 12.0. The van der Waals surface area contributed by atoms with Gasteiger partial charge in [0, 0.05) is 6.42 Å². The quantitative estimate of drug-likeness (QED) is 0.490. The molecule has 0 aliphatic rings. The fraction of sp³-hybridized carbons (Fsp3) is 0.778. The summed E-state index contributed by atoms with van der Waals surface area (Å²) in [7, 11) is 0. The molecule has 0 aromatic rings. The number of carbonyl (C=O) groups is 1. The van der Waals surface area contributed by atoms with Gasteiger partial charge in [-0.25, -0.2) is 0 Å². The number of nitriles is 1. The van der Waals surface area contributed by atoms with Crippen molar-refractivity contribution in [1.29, 1.82) is 5.26 Å². The number of nitrogens with zero attached hydrogens (tertiary/aromatic N) is 1. The van der Waals surface area contributed by atoms with Crippen molar-refractivity contribution in [3.8, 4) is 6.07 Å². The van der Waals surface area contributed by atoms with E-state index < -0.39 is 11.2 Å². The number of rotatable bonds is 7. The van der Waals surface area contributed by atoms with E-state index in [0.29, 0.717) is 12.8 Å². The van der Waals surface area contributed by atoms with Crippen LogP contribution in [0.2, 0.25) is 0 Å². The first-order valence-corrected chi connectivity index (χ1v) is 4.98. The molecule has 0 bridgehead atoms. The number of aliphatic carboxylic acids is 1.